The van der Waals surface area contributed by atoms with Crippen LogP contribution >= 0.6 is 0 Å². The number of hydrazone groups is 1. The zero-order valence-corrected chi connectivity index (χ0v) is 15.5. The highest BCUT2D eigenvalue weighted by Gasteiger charge is 2.08. The summed E-state index contributed by atoms with van der Waals surface area (Å²) in [7, 11) is 1.52. The fourth-order valence-electron chi connectivity index (χ4n) is 2.42. The van der Waals surface area contributed by atoms with E-state index < -0.39 is 11.9 Å². The number of aromatic carboxylic acids is 1. The summed E-state index contributed by atoms with van der Waals surface area (Å²) in [5.41, 5.74) is 4.10. The van der Waals surface area contributed by atoms with Crippen LogP contribution in [0.4, 0.5) is 0 Å². The normalized spacial score (nSPS) is 10.7. The molecule has 2 aromatic carbocycles. The fraction of sp³-hybridized carbons (Fsp3) is 0.0952. The Labute approximate surface area is 166 Å². The average molecular weight is 394 g/mol. The molecule has 2 N–H and O–H groups in total. The first-order chi connectivity index (χ1) is 14.1. The molecule has 148 valence electrons. The van der Waals surface area contributed by atoms with E-state index in [1.165, 1.54) is 37.8 Å². The summed E-state index contributed by atoms with van der Waals surface area (Å²) in [5.74, 6) is -0.247. The van der Waals surface area contributed by atoms with Crippen LogP contribution in [0, 0.1) is 0 Å². The zero-order chi connectivity index (χ0) is 20.6. The first-order valence-electron chi connectivity index (χ1n) is 8.57. The number of benzene rings is 2. The van der Waals surface area contributed by atoms with Crippen molar-refractivity contribution < 1.29 is 28.6 Å². The van der Waals surface area contributed by atoms with E-state index >= 15 is 0 Å². The van der Waals surface area contributed by atoms with Crippen LogP contribution in [-0.2, 0) is 6.61 Å². The van der Waals surface area contributed by atoms with Gasteiger partial charge in [0.1, 0.15) is 6.61 Å². The average Bonchev–Trinajstić information content (AvgIpc) is 3.28. The second kappa shape index (κ2) is 9.23. The number of hydrogen-bond donors (Lipinski definition) is 2. The molecule has 0 unspecified atom stereocenters. The van der Waals surface area contributed by atoms with Gasteiger partial charge in [0.15, 0.2) is 17.3 Å². The lowest BCUT2D eigenvalue weighted by molar-refractivity contribution is 0.0696. The molecule has 8 nitrogen and oxygen atoms in total. The Morgan fingerprint density at radius 3 is 2.59 bits per heavy atom. The maximum Gasteiger partial charge on any atom is 0.335 e. The summed E-state index contributed by atoms with van der Waals surface area (Å²) < 4.78 is 16.1. The maximum absolute atomic E-state index is 11.8. The summed E-state index contributed by atoms with van der Waals surface area (Å²) in [6.45, 7) is 0.253. The Hall–Kier alpha value is -4.07. The molecular formula is C21H18N2O6. The lowest BCUT2D eigenvalue weighted by atomic mass is 10.1. The van der Waals surface area contributed by atoms with Gasteiger partial charge in [-0.05, 0) is 53.6 Å². The summed E-state index contributed by atoms with van der Waals surface area (Å²) >= 11 is 0. The second-order valence-corrected chi connectivity index (χ2v) is 5.88. The van der Waals surface area contributed by atoms with Crippen LogP contribution in [0.1, 0.15) is 32.0 Å². The van der Waals surface area contributed by atoms with E-state index in [2.05, 4.69) is 10.5 Å². The largest absolute Gasteiger partial charge is 0.493 e. The quantitative estimate of drug-likeness (QED) is 0.448. The molecule has 8 heteroatoms. The van der Waals surface area contributed by atoms with Gasteiger partial charge >= 0.3 is 11.9 Å². The first-order valence-corrected chi connectivity index (χ1v) is 8.57. The third-order valence-electron chi connectivity index (χ3n) is 3.91. The molecule has 0 aliphatic heterocycles. The lowest BCUT2D eigenvalue weighted by Crippen LogP contribution is -2.16. The number of carbonyl (C=O) groups excluding carboxylic acids is 1. The summed E-state index contributed by atoms with van der Waals surface area (Å²) in [6.07, 6.45) is 2.88. The minimum atomic E-state index is -0.975. The Morgan fingerprint density at radius 1 is 1.14 bits per heavy atom. The predicted molar refractivity (Wildman–Crippen MR) is 104 cm³/mol. The van der Waals surface area contributed by atoms with Crippen molar-refractivity contribution in [1.82, 2.24) is 5.43 Å². The summed E-state index contributed by atoms with van der Waals surface area (Å²) in [6, 6.07) is 14.8. The highest BCUT2D eigenvalue weighted by atomic mass is 16.5. The van der Waals surface area contributed by atoms with Gasteiger partial charge in [-0.3, -0.25) is 4.79 Å². The van der Waals surface area contributed by atoms with Gasteiger partial charge in [-0.2, -0.15) is 5.10 Å². The number of carboxylic acid groups (broad SMARTS) is 1. The molecule has 0 fully saturated rings. The van der Waals surface area contributed by atoms with Crippen LogP contribution in [0.15, 0.2) is 70.4 Å². The third-order valence-corrected chi connectivity index (χ3v) is 3.91. The number of carbonyl (C=O) groups is 2. The first kappa shape index (κ1) is 19.7. The number of amides is 1. The Bertz CT molecular complexity index is 1010. The van der Waals surface area contributed by atoms with Crippen molar-refractivity contribution in [2.24, 2.45) is 5.10 Å². The number of hydrogen-bond acceptors (Lipinski definition) is 6. The number of methoxy groups -OCH3 is 1. The van der Waals surface area contributed by atoms with Crippen LogP contribution in [0.3, 0.4) is 0 Å². The maximum atomic E-state index is 11.8. The molecule has 0 radical (unpaired) electrons. The molecule has 3 rings (SSSR count). The predicted octanol–water partition coefficient (Wildman–Crippen LogP) is 3.33. The highest BCUT2D eigenvalue weighted by molar-refractivity contribution is 5.92. The van der Waals surface area contributed by atoms with Crippen molar-refractivity contribution in [3.63, 3.8) is 0 Å². The molecule has 0 atom stereocenters. The minimum Gasteiger partial charge on any atom is -0.493 e. The van der Waals surface area contributed by atoms with Crippen molar-refractivity contribution in [3.05, 3.63) is 83.3 Å². The second-order valence-electron chi connectivity index (χ2n) is 5.88. The van der Waals surface area contributed by atoms with Gasteiger partial charge in [-0.25, -0.2) is 10.2 Å². The fourth-order valence-corrected chi connectivity index (χ4v) is 2.42. The SMILES string of the molecule is COc1cc(/C=N\NC(=O)c2ccco2)ccc1OCc1ccc(C(=O)O)cc1. The molecule has 0 saturated carbocycles. The van der Waals surface area contributed by atoms with Gasteiger partial charge < -0.3 is 19.0 Å². The summed E-state index contributed by atoms with van der Waals surface area (Å²) in [5, 5.41) is 12.8. The van der Waals surface area contributed by atoms with Crippen molar-refractivity contribution >= 4 is 18.1 Å². The van der Waals surface area contributed by atoms with Crippen molar-refractivity contribution in [1.29, 1.82) is 0 Å². The van der Waals surface area contributed by atoms with Crippen LogP contribution < -0.4 is 14.9 Å². The molecule has 3 aromatic rings. The molecule has 0 bridgehead atoms. The van der Waals surface area contributed by atoms with E-state index in [1.807, 2.05) is 0 Å². The highest BCUT2D eigenvalue weighted by Crippen LogP contribution is 2.28. The van der Waals surface area contributed by atoms with Crippen LogP contribution in [0.5, 0.6) is 11.5 Å². The van der Waals surface area contributed by atoms with E-state index in [9.17, 15) is 9.59 Å². The zero-order valence-electron chi connectivity index (χ0n) is 15.5. The standard InChI is InChI=1S/C21H18N2O6/c1-27-19-11-15(12-22-23-20(24)18-3-2-10-28-18)6-9-17(19)29-13-14-4-7-16(8-5-14)21(25)26/h2-12H,13H2,1H3,(H,23,24)(H,25,26)/b22-12-. The Balaban J connectivity index is 1.61. The van der Waals surface area contributed by atoms with Crippen LogP contribution in [0.2, 0.25) is 0 Å². The van der Waals surface area contributed by atoms with E-state index in [4.69, 9.17) is 19.0 Å². The van der Waals surface area contributed by atoms with Crippen LogP contribution in [-0.4, -0.2) is 30.3 Å². The van der Waals surface area contributed by atoms with Crippen LogP contribution in [0.25, 0.3) is 0 Å². The molecule has 1 heterocycles. The smallest absolute Gasteiger partial charge is 0.335 e. The van der Waals surface area contributed by atoms with E-state index in [0.29, 0.717) is 17.1 Å². The number of ether oxygens (including phenoxy) is 2. The molecular weight excluding hydrogens is 376 g/mol. The monoisotopic (exact) mass is 394 g/mol. The molecule has 29 heavy (non-hydrogen) atoms. The van der Waals surface area contributed by atoms with Crippen molar-refractivity contribution in [2.75, 3.05) is 7.11 Å². The van der Waals surface area contributed by atoms with E-state index in [-0.39, 0.29) is 17.9 Å². The van der Waals surface area contributed by atoms with E-state index in [0.717, 1.165) is 5.56 Å². The van der Waals surface area contributed by atoms with Crippen molar-refractivity contribution in [3.8, 4) is 11.5 Å². The van der Waals surface area contributed by atoms with Gasteiger partial charge in [0.2, 0.25) is 0 Å². The lowest BCUT2D eigenvalue weighted by Gasteiger charge is -2.11. The van der Waals surface area contributed by atoms with Crippen molar-refractivity contribution in [2.45, 2.75) is 6.61 Å². The molecule has 0 aliphatic carbocycles. The van der Waals surface area contributed by atoms with Gasteiger partial charge in [0, 0.05) is 0 Å². The molecule has 0 spiro atoms. The number of carboxylic acids is 1. The van der Waals surface area contributed by atoms with Gasteiger partial charge in [-0.15, -0.1) is 0 Å². The molecule has 0 saturated heterocycles. The number of rotatable bonds is 8. The minimum absolute atomic E-state index is 0.167. The molecule has 1 aromatic heterocycles. The number of nitrogens with zero attached hydrogens (tertiary/aromatic N) is 1. The molecule has 0 aliphatic rings. The number of nitrogens with one attached hydrogen (secondary N) is 1. The molecule has 1 amide bonds. The summed E-state index contributed by atoms with van der Waals surface area (Å²) in [4.78, 5) is 22.6. The Morgan fingerprint density at radius 2 is 1.93 bits per heavy atom. The van der Waals surface area contributed by atoms with Gasteiger partial charge in [0.25, 0.3) is 0 Å². The third kappa shape index (κ3) is 5.23. The number of furan rings is 1. The van der Waals surface area contributed by atoms with E-state index in [1.54, 1.807) is 36.4 Å². The topological polar surface area (TPSA) is 110 Å². The Kier molecular flexibility index (Phi) is 6.26. The van der Waals surface area contributed by atoms with Gasteiger partial charge in [-0.1, -0.05) is 12.1 Å². The van der Waals surface area contributed by atoms with Gasteiger partial charge in [0.05, 0.1) is 25.2 Å².